The summed E-state index contributed by atoms with van der Waals surface area (Å²) in [4.78, 5) is 12.6. The maximum absolute atomic E-state index is 4.89. The normalized spacial score (nSPS) is 16.3. The van der Waals surface area contributed by atoms with Crippen LogP contribution >= 0.6 is 0 Å². The van der Waals surface area contributed by atoms with E-state index in [1.54, 1.807) is 0 Å². The second-order valence-electron chi connectivity index (χ2n) is 9.22. The predicted molar refractivity (Wildman–Crippen MR) is 108 cm³/mol. The summed E-state index contributed by atoms with van der Waals surface area (Å²) in [7, 11) is 0. The van der Waals surface area contributed by atoms with Crippen LogP contribution in [0.2, 0.25) is 0 Å². The van der Waals surface area contributed by atoms with Gasteiger partial charge in [-0.3, -0.25) is 0 Å². The molecule has 3 heteroatoms. The fourth-order valence-electron chi connectivity index (χ4n) is 4.43. The molecular weight excluding hydrogens is 306 g/mol. The Kier molecular flexibility index (Phi) is 6.29. The molecule has 2 atom stereocenters. The summed E-state index contributed by atoms with van der Waals surface area (Å²) in [6.07, 6.45) is 10.0. The minimum Gasteiger partial charge on any atom is -0.345 e. The summed E-state index contributed by atoms with van der Waals surface area (Å²) in [5.74, 6) is 1.12. The van der Waals surface area contributed by atoms with E-state index in [9.17, 15) is 0 Å². The predicted octanol–water partition coefficient (Wildman–Crippen LogP) is 6.72. The Bertz CT molecular complexity index is 671. The van der Waals surface area contributed by atoms with Crippen molar-refractivity contribution in [1.29, 1.82) is 0 Å². The van der Waals surface area contributed by atoms with E-state index in [0.29, 0.717) is 22.7 Å². The monoisotopic (exact) mass is 343 g/mol. The van der Waals surface area contributed by atoms with Crippen molar-refractivity contribution in [2.75, 3.05) is 0 Å². The van der Waals surface area contributed by atoms with Gasteiger partial charge in [-0.25, -0.2) is 9.97 Å². The molecular formula is C22H37N3. The molecule has 2 heterocycles. The molecule has 0 saturated heterocycles. The van der Waals surface area contributed by atoms with Crippen molar-refractivity contribution in [2.24, 2.45) is 16.7 Å². The van der Waals surface area contributed by atoms with Crippen LogP contribution in [0.15, 0.2) is 18.5 Å². The summed E-state index contributed by atoms with van der Waals surface area (Å²) in [6, 6.07) is 2.02. The van der Waals surface area contributed by atoms with E-state index in [1.807, 2.05) is 18.5 Å². The number of H-pyrrole nitrogens is 1. The van der Waals surface area contributed by atoms with Crippen LogP contribution < -0.4 is 0 Å². The lowest BCUT2D eigenvalue weighted by atomic mass is 9.63. The van der Waals surface area contributed by atoms with Gasteiger partial charge in [0.25, 0.3) is 0 Å². The minimum atomic E-state index is 0.314. The highest BCUT2D eigenvalue weighted by Crippen LogP contribution is 2.47. The molecule has 0 bridgehead atoms. The second-order valence-corrected chi connectivity index (χ2v) is 9.22. The van der Waals surface area contributed by atoms with Gasteiger partial charge in [-0.05, 0) is 48.5 Å². The van der Waals surface area contributed by atoms with Gasteiger partial charge in [0.1, 0.15) is 5.52 Å². The molecule has 0 aliphatic heterocycles. The van der Waals surface area contributed by atoms with Crippen LogP contribution in [0.1, 0.15) is 92.2 Å². The van der Waals surface area contributed by atoms with E-state index in [4.69, 9.17) is 4.98 Å². The molecule has 0 amide bonds. The lowest BCUT2D eigenvalue weighted by Crippen LogP contribution is -2.32. The van der Waals surface area contributed by atoms with Crippen molar-refractivity contribution in [3.8, 4) is 0 Å². The number of fused-ring (bicyclic) bond motifs is 1. The fourth-order valence-corrected chi connectivity index (χ4v) is 4.43. The number of nitrogens with zero attached hydrogens (tertiary/aromatic N) is 2. The van der Waals surface area contributed by atoms with Crippen LogP contribution in [-0.2, 0) is 0 Å². The van der Waals surface area contributed by atoms with Gasteiger partial charge in [-0.15, -0.1) is 0 Å². The molecule has 1 N–H and O–H groups in total. The highest BCUT2D eigenvalue weighted by atomic mass is 14.9. The van der Waals surface area contributed by atoms with Crippen LogP contribution in [-0.4, -0.2) is 15.0 Å². The van der Waals surface area contributed by atoms with Gasteiger partial charge in [-0.1, -0.05) is 54.9 Å². The highest BCUT2D eigenvalue weighted by molar-refractivity contribution is 5.69. The molecule has 0 fully saturated rings. The lowest BCUT2D eigenvalue weighted by molar-refractivity contribution is 0.0919. The van der Waals surface area contributed by atoms with E-state index in [-0.39, 0.29) is 0 Å². The van der Waals surface area contributed by atoms with E-state index in [1.165, 1.54) is 25.7 Å². The van der Waals surface area contributed by atoms with Crippen molar-refractivity contribution in [1.82, 2.24) is 15.0 Å². The standard InChI is InChI=1S/C22H37N3/c1-8-11-21(5,6)15-22(7,16(3)4)13-17(9-2)19-14-24-20-18(25-19)10-12-23-20/h10,12,14,16-17H,8-9,11,13,15H2,1-7H3,(H,23,24). The van der Waals surface area contributed by atoms with Gasteiger partial charge in [0.15, 0.2) is 5.65 Å². The van der Waals surface area contributed by atoms with Gasteiger partial charge in [0, 0.05) is 12.1 Å². The van der Waals surface area contributed by atoms with E-state index >= 15 is 0 Å². The van der Waals surface area contributed by atoms with Crippen LogP contribution in [0.4, 0.5) is 0 Å². The average Bonchev–Trinajstić information content (AvgIpc) is 2.99. The zero-order valence-electron chi connectivity index (χ0n) is 17.3. The van der Waals surface area contributed by atoms with Crippen molar-refractivity contribution in [2.45, 2.75) is 86.5 Å². The largest absolute Gasteiger partial charge is 0.345 e. The third-order valence-corrected chi connectivity index (χ3v) is 6.11. The number of aromatic nitrogens is 3. The van der Waals surface area contributed by atoms with Crippen LogP contribution in [0.3, 0.4) is 0 Å². The Labute approximate surface area is 154 Å². The fraction of sp³-hybridized carbons (Fsp3) is 0.727. The first-order valence-corrected chi connectivity index (χ1v) is 10.0. The maximum Gasteiger partial charge on any atom is 0.156 e. The molecule has 2 unspecified atom stereocenters. The Hall–Kier alpha value is -1.38. The number of rotatable bonds is 9. The van der Waals surface area contributed by atoms with Crippen molar-refractivity contribution in [3.63, 3.8) is 0 Å². The topological polar surface area (TPSA) is 41.6 Å². The third kappa shape index (κ3) is 4.83. The molecule has 2 aromatic heterocycles. The molecule has 2 rings (SSSR count). The zero-order chi connectivity index (χ0) is 18.7. The molecule has 140 valence electrons. The van der Waals surface area contributed by atoms with Gasteiger partial charge < -0.3 is 4.98 Å². The molecule has 25 heavy (non-hydrogen) atoms. The molecule has 0 saturated carbocycles. The zero-order valence-corrected chi connectivity index (χ0v) is 17.3. The molecule has 3 nitrogen and oxygen atoms in total. The number of nitrogens with one attached hydrogen (secondary N) is 1. The smallest absolute Gasteiger partial charge is 0.156 e. The Morgan fingerprint density at radius 2 is 1.88 bits per heavy atom. The van der Waals surface area contributed by atoms with Crippen LogP contribution in [0, 0.1) is 16.7 Å². The van der Waals surface area contributed by atoms with Crippen molar-refractivity contribution in [3.05, 3.63) is 24.2 Å². The van der Waals surface area contributed by atoms with Crippen molar-refractivity contribution < 1.29 is 0 Å². The molecule has 0 radical (unpaired) electrons. The minimum absolute atomic E-state index is 0.314. The number of aromatic amines is 1. The number of hydrogen-bond acceptors (Lipinski definition) is 2. The van der Waals surface area contributed by atoms with E-state index in [0.717, 1.165) is 23.3 Å². The first kappa shape index (κ1) is 19.9. The summed E-state index contributed by atoms with van der Waals surface area (Å²) >= 11 is 0. The Balaban J connectivity index is 2.25. The van der Waals surface area contributed by atoms with Crippen molar-refractivity contribution >= 4 is 11.2 Å². The lowest BCUT2D eigenvalue weighted by Gasteiger charge is -2.42. The molecule has 0 spiro atoms. The van der Waals surface area contributed by atoms with Crippen LogP contribution in [0.5, 0.6) is 0 Å². The first-order valence-electron chi connectivity index (χ1n) is 10.0. The second kappa shape index (κ2) is 7.88. The first-order chi connectivity index (χ1) is 11.7. The van der Waals surface area contributed by atoms with Gasteiger partial charge >= 0.3 is 0 Å². The molecule has 2 aromatic rings. The molecule has 0 aromatic carbocycles. The summed E-state index contributed by atoms with van der Waals surface area (Å²) in [6.45, 7) is 16.7. The van der Waals surface area contributed by atoms with Gasteiger partial charge in [0.05, 0.1) is 11.9 Å². The summed E-state index contributed by atoms with van der Waals surface area (Å²) in [5, 5.41) is 0. The Morgan fingerprint density at radius 3 is 2.48 bits per heavy atom. The summed E-state index contributed by atoms with van der Waals surface area (Å²) in [5.41, 5.74) is 3.72. The molecule has 0 aliphatic rings. The van der Waals surface area contributed by atoms with E-state index in [2.05, 4.69) is 58.4 Å². The molecule has 0 aliphatic carbocycles. The quantitative estimate of drug-likeness (QED) is 0.549. The SMILES string of the molecule is CCCC(C)(C)CC(C)(CC(CC)c1cnc2[nH]ccc2n1)C(C)C. The number of hydrogen-bond donors (Lipinski definition) is 1. The maximum atomic E-state index is 4.89. The third-order valence-electron chi connectivity index (χ3n) is 6.11. The van der Waals surface area contributed by atoms with Gasteiger partial charge in [0.2, 0.25) is 0 Å². The average molecular weight is 344 g/mol. The van der Waals surface area contributed by atoms with E-state index < -0.39 is 0 Å². The highest BCUT2D eigenvalue weighted by Gasteiger charge is 2.37. The Morgan fingerprint density at radius 1 is 1.16 bits per heavy atom. The summed E-state index contributed by atoms with van der Waals surface area (Å²) < 4.78 is 0. The van der Waals surface area contributed by atoms with Crippen LogP contribution in [0.25, 0.3) is 11.2 Å². The van der Waals surface area contributed by atoms with Gasteiger partial charge in [-0.2, -0.15) is 0 Å².